The normalized spacial score (nSPS) is 24.1. The molecule has 1 aromatic rings. The summed E-state index contributed by atoms with van der Waals surface area (Å²) in [7, 11) is 1.47. The molecule has 1 saturated heterocycles. The molecule has 0 spiro atoms. The first-order valence-electron chi connectivity index (χ1n) is 5.59. The average Bonchev–Trinajstić information content (AvgIpc) is 2.53. The number of hydrogen-bond donors (Lipinski definition) is 1. The van der Waals surface area contributed by atoms with E-state index in [1.54, 1.807) is 0 Å². The Morgan fingerprint density at radius 2 is 2.00 bits per heavy atom. The van der Waals surface area contributed by atoms with Crippen molar-refractivity contribution in [1.29, 1.82) is 0 Å². The first-order chi connectivity index (χ1) is 8.71. The van der Waals surface area contributed by atoms with Gasteiger partial charge in [0, 0.05) is 19.5 Å². The van der Waals surface area contributed by atoms with Crippen molar-refractivity contribution in [2.24, 2.45) is 5.73 Å². The Hall–Kier alpha value is -1.63. The Morgan fingerprint density at radius 1 is 1.37 bits per heavy atom. The van der Waals surface area contributed by atoms with Gasteiger partial charge in [-0.3, -0.25) is 4.79 Å². The number of carbonyl (C=O) groups is 1. The smallest absolute Gasteiger partial charge is 0.337 e. The van der Waals surface area contributed by atoms with E-state index in [0.717, 1.165) is 12.1 Å². The molecule has 0 aromatic heterocycles. The summed E-state index contributed by atoms with van der Waals surface area (Å²) in [5.41, 5.74) is 4.60. The van der Waals surface area contributed by atoms with Crippen molar-refractivity contribution >= 4 is 5.91 Å². The first-order valence-corrected chi connectivity index (χ1v) is 5.59. The quantitative estimate of drug-likeness (QED) is 0.798. The molecule has 1 aromatic carbocycles. The van der Waals surface area contributed by atoms with Gasteiger partial charge in [0.2, 0.25) is 5.91 Å². The van der Waals surface area contributed by atoms with E-state index < -0.39 is 29.6 Å². The van der Waals surface area contributed by atoms with Gasteiger partial charge >= 0.3 is 6.18 Å². The predicted molar refractivity (Wildman–Crippen MR) is 59.5 cm³/mol. The molecule has 0 saturated carbocycles. The number of nitrogens with two attached hydrogens (primary N) is 1. The highest BCUT2D eigenvalue weighted by molar-refractivity contribution is 5.80. The summed E-state index contributed by atoms with van der Waals surface area (Å²) in [6.07, 6.45) is -4.70. The lowest BCUT2D eigenvalue weighted by molar-refractivity contribution is -0.140. The fourth-order valence-corrected chi connectivity index (χ4v) is 2.31. The molecule has 0 aliphatic carbocycles. The van der Waals surface area contributed by atoms with Crippen LogP contribution in [0, 0.1) is 5.82 Å². The highest BCUT2D eigenvalue weighted by Gasteiger charge is 2.39. The van der Waals surface area contributed by atoms with Gasteiger partial charge in [0.25, 0.3) is 0 Å². The van der Waals surface area contributed by atoms with Gasteiger partial charge in [0.05, 0.1) is 11.6 Å². The molecule has 104 valence electrons. The molecule has 7 heteroatoms. The van der Waals surface area contributed by atoms with E-state index in [4.69, 9.17) is 5.73 Å². The van der Waals surface area contributed by atoms with E-state index in [9.17, 15) is 22.4 Å². The largest absolute Gasteiger partial charge is 0.419 e. The van der Waals surface area contributed by atoms with Crippen LogP contribution >= 0.6 is 0 Å². The molecule has 0 radical (unpaired) electrons. The van der Waals surface area contributed by atoms with Crippen LogP contribution in [0.2, 0.25) is 0 Å². The number of hydrogen-bond acceptors (Lipinski definition) is 2. The Bertz CT molecular complexity index is 515. The van der Waals surface area contributed by atoms with Crippen LogP contribution in [0.25, 0.3) is 0 Å². The zero-order valence-corrected chi connectivity index (χ0v) is 10.0. The van der Waals surface area contributed by atoms with Crippen LogP contribution in [-0.4, -0.2) is 23.9 Å². The summed E-state index contributed by atoms with van der Waals surface area (Å²) >= 11 is 0. The van der Waals surface area contributed by atoms with E-state index in [0.29, 0.717) is 0 Å². The number of nitrogens with zero attached hydrogens (tertiary/aromatic N) is 1. The lowest BCUT2D eigenvalue weighted by Gasteiger charge is -2.24. The summed E-state index contributed by atoms with van der Waals surface area (Å²) in [6, 6.07) is 1.44. The second-order valence-electron chi connectivity index (χ2n) is 4.55. The third-order valence-electron chi connectivity index (χ3n) is 3.26. The Kier molecular flexibility index (Phi) is 3.25. The maximum atomic E-state index is 13.2. The van der Waals surface area contributed by atoms with Gasteiger partial charge in [-0.25, -0.2) is 4.39 Å². The van der Waals surface area contributed by atoms with E-state index in [1.807, 2.05) is 0 Å². The molecular weight excluding hydrogens is 264 g/mol. The molecule has 1 amide bonds. The van der Waals surface area contributed by atoms with Crippen molar-refractivity contribution in [3.8, 4) is 0 Å². The molecule has 1 heterocycles. The number of likely N-dealkylation sites (N-methyl/N-ethyl adjacent to an activating group) is 1. The molecule has 3 nitrogen and oxygen atoms in total. The number of carbonyl (C=O) groups excluding carboxylic acids is 1. The Labute approximate surface area is 107 Å². The molecule has 2 unspecified atom stereocenters. The Balaban J connectivity index is 2.44. The molecule has 2 N–H and O–H groups in total. The van der Waals surface area contributed by atoms with E-state index in [-0.39, 0.29) is 17.9 Å². The van der Waals surface area contributed by atoms with Crippen LogP contribution in [-0.2, 0) is 11.0 Å². The molecule has 2 atom stereocenters. The highest BCUT2D eigenvalue weighted by Crippen LogP contribution is 2.36. The molecular formula is C12H12F4N2O. The second-order valence-corrected chi connectivity index (χ2v) is 4.55. The van der Waals surface area contributed by atoms with Crippen LogP contribution in [0.1, 0.15) is 23.6 Å². The van der Waals surface area contributed by atoms with E-state index in [1.165, 1.54) is 18.0 Å². The lowest BCUT2D eigenvalue weighted by Crippen LogP contribution is -2.30. The number of benzene rings is 1. The number of likely N-dealkylation sites (tertiary alicyclic amines) is 1. The summed E-state index contributed by atoms with van der Waals surface area (Å²) < 4.78 is 51.1. The summed E-state index contributed by atoms with van der Waals surface area (Å²) in [6.45, 7) is 0. The lowest BCUT2D eigenvalue weighted by atomic mass is 9.98. The van der Waals surface area contributed by atoms with Crippen molar-refractivity contribution in [3.63, 3.8) is 0 Å². The van der Waals surface area contributed by atoms with Gasteiger partial charge in [-0.05, 0) is 17.7 Å². The van der Waals surface area contributed by atoms with Gasteiger partial charge in [-0.1, -0.05) is 6.07 Å². The molecule has 1 fully saturated rings. The number of halogens is 4. The van der Waals surface area contributed by atoms with E-state index in [2.05, 4.69) is 0 Å². The van der Waals surface area contributed by atoms with Crippen LogP contribution < -0.4 is 5.73 Å². The SMILES string of the molecule is CN1C(=O)CC(N)C1c1ccc(F)c(C(F)(F)F)c1. The molecule has 1 aliphatic heterocycles. The monoisotopic (exact) mass is 276 g/mol. The zero-order valence-electron chi connectivity index (χ0n) is 10.0. The third-order valence-corrected chi connectivity index (χ3v) is 3.26. The van der Waals surface area contributed by atoms with Crippen molar-refractivity contribution in [3.05, 3.63) is 35.1 Å². The minimum atomic E-state index is -4.77. The van der Waals surface area contributed by atoms with Crippen molar-refractivity contribution in [2.45, 2.75) is 24.7 Å². The van der Waals surface area contributed by atoms with E-state index >= 15 is 0 Å². The number of rotatable bonds is 1. The average molecular weight is 276 g/mol. The summed E-state index contributed by atoms with van der Waals surface area (Å²) in [4.78, 5) is 12.8. The Morgan fingerprint density at radius 3 is 2.47 bits per heavy atom. The topological polar surface area (TPSA) is 46.3 Å². The molecule has 2 rings (SSSR count). The highest BCUT2D eigenvalue weighted by atomic mass is 19.4. The fraction of sp³-hybridized carbons (Fsp3) is 0.417. The minimum absolute atomic E-state index is 0.0693. The van der Waals surface area contributed by atoms with Crippen molar-refractivity contribution < 1.29 is 22.4 Å². The van der Waals surface area contributed by atoms with Crippen LogP contribution in [0.3, 0.4) is 0 Å². The van der Waals surface area contributed by atoms with Crippen LogP contribution in [0.15, 0.2) is 18.2 Å². The van der Waals surface area contributed by atoms with Crippen LogP contribution in [0.5, 0.6) is 0 Å². The number of alkyl halides is 3. The predicted octanol–water partition coefficient (Wildman–Crippen LogP) is 2.07. The van der Waals surface area contributed by atoms with Gasteiger partial charge in [-0.2, -0.15) is 13.2 Å². The fourth-order valence-electron chi connectivity index (χ4n) is 2.31. The van der Waals surface area contributed by atoms with Gasteiger partial charge in [0.1, 0.15) is 5.82 Å². The molecule has 19 heavy (non-hydrogen) atoms. The maximum Gasteiger partial charge on any atom is 0.419 e. The molecule has 1 aliphatic rings. The third kappa shape index (κ3) is 2.42. The minimum Gasteiger partial charge on any atom is -0.337 e. The summed E-state index contributed by atoms with van der Waals surface area (Å²) in [5, 5.41) is 0. The maximum absolute atomic E-state index is 13.2. The van der Waals surface area contributed by atoms with Crippen molar-refractivity contribution in [2.75, 3.05) is 7.05 Å². The van der Waals surface area contributed by atoms with Gasteiger partial charge in [-0.15, -0.1) is 0 Å². The summed E-state index contributed by atoms with van der Waals surface area (Å²) in [5.74, 6) is -1.58. The van der Waals surface area contributed by atoms with Gasteiger partial charge < -0.3 is 10.6 Å². The standard InChI is InChI=1S/C12H12F4N2O/c1-18-10(19)5-9(17)11(18)6-2-3-8(13)7(4-6)12(14,15)16/h2-4,9,11H,5,17H2,1H3. The first kappa shape index (κ1) is 13.8. The number of amides is 1. The van der Waals surface area contributed by atoms with Crippen LogP contribution in [0.4, 0.5) is 17.6 Å². The van der Waals surface area contributed by atoms with Gasteiger partial charge in [0.15, 0.2) is 0 Å². The zero-order chi connectivity index (χ0) is 14.4. The second kappa shape index (κ2) is 4.48. The van der Waals surface area contributed by atoms with Crippen molar-refractivity contribution in [1.82, 2.24) is 4.90 Å². The molecule has 0 bridgehead atoms.